The van der Waals surface area contributed by atoms with Crippen molar-refractivity contribution in [1.29, 1.82) is 0 Å². The lowest BCUT2D eigenvalue weighted by Gasteiger charge is -2.06. The maximum atomic E-state index is 13.4. The zero-order chi connectivity index (χ0) is 13.1. The molecule has 0 aliphatic rings. The SMILES string of the molecule is CS(=O)(=O)CC(=O)Nc1ccc(CN)cc1F. The van der Waals surface area contributed by atoms with Crippen LogP contribution < -0.4 is 11.1 Å². The third-order valence-electron chi connectivity index (χ3n) is 1.94. The minimum atomic E-state index is -3.42. The monoisotopic (exact) mass is 260 g/mol. The summed E-state index contributed by atoms with van der Waals surface area (Å²) in [5.74, 6) is -2.09. The van der Waals surface area contributed by atoms with Crippen LogP contribution >= 0.6 is 0 Å². The Hall–Kier alpha value is -1.47. The van der Waals surface area contributed by atoms with Gasteiger partial charge in [-0.2, -0.15) is 0 Å². The number of hydrogen-bond acceptors (Lipinski definition) is 4. The van der Waals surface area contributed by atoms with Gasteiger partial charge in [-0.1, -0.05) is 6.07 Å². The van der Waals surface area contributed by atoms with E-state index in [1.165, 1.54) is 12.1 Å². The predicted molar refractivity (Wildman–Crippen MR) is 62.6 cm³/mol. The van der Waals surface area contributed by atoms with Gasteiger partial charge in [0, 0.05) is 12.8 Å². The minimum absolute atomic E-state index is 0.0594. The highest BCUT2D eigenvalue weighted by Gasteiger charge is 2.13. The van der Waals surface area contributed by atoms with Crippen molar-refractivity contribution in [2.75, 3.05) is 17.3 Å². The van der Waals surface area contributed by atoms with Crippen molar-refractivity contribution in [2.24, 2.45) is 5.73 Å². The van der Waals surface area contributed by atoms with E-state index in [1.807, 2.05) is 0 Å². The van der Waals surface area contributed by atoms with Crippen LogP contribution in [0.4, 0.5) is 10.1 Å². The molecule has 0 bridgehead atoms. The molecule has 0 fully saturated rings. The average Bonchev–Trinajstić information content (AvgIpc) is 2.18. The summed E-state index contributed by atoms with van der Waals surface area (Å²) in [6.07, 6.45) is 0.931. The molecule has 0 unspecified atom stereocenters. The van der Waals surface area contributed by atoms with E-state index in [0.29, 0.717) is 5.56 Å². The van der Waals surface area contributed by atoms with Crippen LogP contribution in [-0.2, 0) is 21.2 Å². The molecule has 0 spiro atoms. The number of sulfone groups is 1. The molecule has 5 nitrogen and oxygen atoms in total. The Labute approximate surface area is 98.7 Å². The third kappa shape index (κ3) is 4.49. The third-order valence-corrected chi connectivity index (χ3v) is 2.72. The van der Waals surface area contributed by atoms with Gasteiger partial charge in [0.25, 0.3) is 0 Å². The number of amides is 1. The molecule has 0 heterocycles. The Morgan fingerprint density at radius 2 is 2.12 bits per heavy atom. The molecule has 17 heavy (non-hydrogen) atoms. The Bertz CT molecular complexity index is 528. The fraction of sp³-hybridized carbons (Fsp3) is 0.300. The quantitative estimate of drug-likeness (QED) is 0.813. The number of carbonyl (C=O) groups is 1. The van der Waals surface area contributed by atoms with E-state index in [0.717, 1.165) is 6.26 Å². The van der Waals surface area contributed by atoms with Crippen LogP contribution in [0.25, 0.3) is 0 Å². The number of carbonyl (C=O) groups excluding carboxylic acids is 1. The standard InChI is InChI=1S/C10H13FN2O3S/c1-17(15,16)6-10(14)13-9-3-2-7(5-12)4-8(9)11/h2-4H,5-6,12H2,1H3,(H,13,14). The fourth-order valence-electron chi connectivity index (χ4n) is 1.21. The van der Waals surface area contributed by atoms with E-state index in [-0.39, 0.29) is 12.2 Å². The topological polar surface area (TPSA) is 89.3 Å². The largest absolute Gasteiger partial charge is 0.326 e. The first-order chi connectivity index (χ1) is 7.81. The highest BCUT2D eigenvalue weighted by atomic mass is 32.2. The summed E-state index contributed by atoms with van der Waals surface area (Å²) in [5, 5.41) is 2.18. The Morgan fingerprint density at radius 3 is 2.59 bits per heavy atom. The normalized spacial score (nSPS) is 11.2. The van der Waals surface area contributed by atoms with E-state index >= 15 is 0 Å². The Kier molecular flexibility index (Phi) is 4.19. The van der Waals surface area contributed by atoms with Gasteiger partial charge < -0.3 is 11.1 Å². The fourth-order valence-corrected chi connectivity index (χ4v) is 1.76. The van der Waals surface area contributed by atoms with Gasteiger partial charge in [0.1, 0.15) is 11.6 Å². The second-order valence-corrected chi connectivity index (χ2v) is 5.78. The summed E-state index contributed by atoms with van der Waals surface area (Å²) < 4.78 is 35.1. The van der Waals surface area contributed by atoms with Gasteiger partial charge in [0.05, 0.1) is 5.69 Å². The van der Waals surface area contributed by atoms with Crippen LogP contribution in [0.2, 0.25) is 0 Å². The molecule has 0 saturated carbocycles. The summed E-state index contributed by atoms with van der Waals surface area (Å²) in [6.45, 7) is 0.189. The van der Waals surface area contributed by atoms with Gasteiger partial charge in [0.15, 0.2) is 9.84 Å². The van der Waals surface area contributed by atoms with Gasteiger partial charge >= 0.3 is 0 Å². The molecule has 0 radical (unpaired) electrons. The van der Waals surface area contributed by atoms with Crippen molar-refractivity contribution in [3.8, 4) is 0 Å². The Balaban J connectivity index is 2.79. The van der Waals surface area contributed by atoms with Crippen LogP contribution in [0.3, 0.4) is 0 Å². The molecular formula is C10H13FN2O3S. The molecule has 94 valence electrons. The summed E-state index contributed by atoms with van der Waals surface area (Å²) in [5.41, 5.74) is 5.85. The first kappa shape index (κ1) is 13.6. The maximum absolute atomic E-state index is 13.4. The zero-order valence-corrected chi connectivity index (χ0v) is 10.1. The van der Waals surface area contributed by atoms with Gasteiger partial charge in [-0.3, -0.25) is 4.79 Å². The van der Waals surface area contributed by atoms with E-state index in [1.54, 1.807) is 6.07 Å². The van der Waals surface area contributed by atoms with Crippen LogP contribution in [0, 0.1) is 5.82 Å². The summed E-state index contributed by atoms with van der Waals surface area (Å²) in [7, 11) is -3.42. The van der Waals surface area contributed by atoms with Crippen molar-refractivity contribution in [1.82, 2.24) is 0 Å². The molecule has 0 aromatic heterocycles. The number of benzene rings is 1. The molecule has 1 aromatic rings. The van der Waals surface area contributed by atoms with E-state index in [4.69, 9.17) is 5.73 Å². The van der Waals surface area contributed by atoms with Crippen molar-refractivity contribution >= 4 is 21.4 Å². The van der Waals surface area contributed by atoms with Crippen molar-refractivity contribution in [2.45, 2.75) is 6.54 Å². The first-order valence-electron chi connectivity index (χ1n) is 4.78. The molecule has 1 amide bonds. The van der Waals surface area contributed by atoms with Gasteiger partial charge in [-0.25, -0.2) is 12.8 Å². The second-order valence-electron chi connectivity index (χ2n) is 3.64. The Morgan fingerprint density at radius 1 is 1.47 bits per heavy atom. The first-order valence-corrected chi connectivity index (χ1v) is 6.84. The number of halogens is 1. The van der Waals surface area contributed by atoms with Crippen molar-refractivity contribution in [3.63, 3.8) is 0 Å². The van der Waals surface area contributed by atoms with Gasteiger partial charge in [-0.15, -0.1) is 0 Å². The number of rotatable bonds is 4. The van der Waals surface area contributed by atoms with E-state index in [9.17, 15) is 17.6 Å². The van der Waals surface area contributed by atoms with Crippen LogP contribution in [0.5, 0.6) is 0 Å². The molecule has 1 aromatic carbocycles. The van der Waals surface area contributed by atoms with Crippen LogP contribution in [0.15, 0.2) is 18.2 Å². The molecule has 0 aliphatic heterocycles. The number of anilines is 1. The number of nitrogens with one attached hydrogen (secondary N) is 1. The van der Waals surface area contributed by atoms with Crippen LogP contribution in [0.1, 0.15) is 5.56 Å². The molecule has 7 heteroatoms. The van der Waals surface area contributed by atoms with Gasteiger partial charge in [-0.05, 0) is 17.7 Å². The smallest absolute Gasteiger partial charge is 0.239 e. The number of nitrogens with two attached hydrogens (primary N) is 1. The molecule has 0 saturated heterocycles. The molecule has 0 aliphatic carbocycles. The summed E-state index contributed by atoms with van der Waals surface area (Å²) in [4.78, 5) is 11.3. The average molecular weight is 260 g/mol. The highest BCUT2D eigenvalue weighted by molar-refractivity contribution is 7.91. The van der Waals surface area contributed by atoms with E-state index in [2.05, 4.69) is 5.32 Å². The summed E-state index contributed by atoms with van der Waals surface area (Å²) >= 11 is 0. The predicted octanol–water partition coefficient (Wildman–Crippen LogP) is 0.268. The van der Waals surface area contributed by atoms with E-state index < -0.39 is 27.3 Å². The van der Waals surface area contributed by atoms with Crippen molar-refractivity contribution < 1.29 is 17.6 Å². The second kappa shape index (κ2) is 5.24. The number of hydrogen-bond donors (Lipinski definition) is 2. The zero-order valence-electron chi connectivity index (χ0n) is 9.23. The lowest BCUT2D eigenvalue weighted by molar-refractivity contribution is -0.113. The molecular weight excluding hydrogens is 247 g/mol. The molecule has 1 rings (SSSR count). The highest BCUT2D eigenvalue weighted by Crippen LogP contribution is 2.15. The van der Waals surface area contributed by atoms with Gasteiger partial charge in [0.2, 0.25) is 5.91 Å². The summed E-state index contributed by atoms with van der Waals surface area (Å²) in [6, 6.07) is 4.09. The lowest BCUT2D eigenvalue weighted by atomic mass is 10.2. The molecule has 0 atom stereocenters. The minimum Gasteiger partial charge on any atom is -0.326 e. The molecule has 3 N–H and O–H groups in total. The lowest BCUT2D eigenvalue weighted by Crippen LogP contribution is -2.22. The van der Waals surface area contributed by atoms with Crippen molar-refractivity contribution in [3.05, 3.63) is 29.6 Å². The maximum Gasteiger partial charge on any atom is 0.239 e. The van der Waals surface area contributed by atoms with Crippen LogP contribution in [-0.4, -0.2) is 26.3 Å².